The van der Waals surface area contributed by atoms with E-state index in [0.717, 1.165) is 10.4 Å². The molecular formula is C17H20N2O4S. The molecule has 0 saturated heterocycles. The minimum absolute atomic E-state index is 0.129. The first kappa shape index (κ1) is 17.8. The van der Waals surface area contributed by atoms with Crippen LogP contribution in [0.5, 0.6) is 11.5 Å². The molecule has 0 aliphatic heterocycles. The molecule has 0 unspecified atom stereocenters. The molecule has 0 aliphatic carbocycles. The predicted molar refractivity (Wildman–Crippen MR) is 93.9 cm³/mol. The number of methoxy groups -OCH3 is 1. The highest BCUT2D eigenvalue weighted by molar-refractivity contribution is 7.09. The first-order valence-electron chi connectivity index (χ1n) is 7.48. The van der Waals surface area contributed by atoms with E-state index in [1.54, 1.807) is 30.6 Å². The Labute approximate surface area is 145 Å². The van der Waals surface area contributed by atoms with E-state index in [2.05, 4.69) is 10.5 Å². The number of ether oxygens (including phenoxy) is 2. The molecule has 1 aromatic carbocycles. The van der Waals surface area contributed by atoms with Gasteiger partial charge in [-0.25, -0.2) is 0 Å². The summed E-state index contributed by atoms with van der Waals surface area (Å²) in [5.41, 5.74) is 0.786. The van der Waals surface area contributed by atoms with E-state index >= 15 is 0 Å². The molecule has 0 radical (unpaired) electrons. The smallest absolute Gasteiger partial charge is 0.261 e. The van der Waals surface area contributed by atoms with Gasteiger partial charge in [-0.05, 0) is 36.6 Å². The summed E-state index contributed by atoms with van der Waals surface area (Å²) >= 11 is 1.59. The van der Waals surface area contributed by atoms with Crippen LogP contribution in [0.1, 0.15) is 17.4 Å². The second-order valence-electron chi connectivity index (χ2n) is 4.71. The van der Waals surface area contributed by atoms with Crippen molar-refractivity contribution in [2.45, 2.75) is 13.5 Å². The van der Waals surface area contributed by atoms with Crippen LogP contribution in [0.3, 0.4) is 0 Å². The van der Waals surface area contributed by atoms with Gasteiger partial charge in [0.15, 0.2) is 18.1 Å². The Morgan fingerprint density at radius 3 is 2.92 bits per heavy atom. The minimum atomic E-state index is -0.218. The van der Waals surface area contributed by atoms with Crippen molar-refractivity contribution in [3.8, 4) is 11.5 Å². The zero-order chi connectivity index (χ0) is 17.2. The van der Waals surface area contributed by atoms with Crippen molar-refractivity contribution < 1.29 is 19.1 Å². The van der Waals surface area contributed by atoms with E-state index in [4.69, 9.17) is 14.3 Å². The van der Waals surface area contributed by atoms with Crippen LogP contribution in [0.4, 0.5) is 0 Å². The largest absolute Gasteiger partial charge is 0.493 e. The van der Waals surface area contributed by atoms with E-state index in [1.807, 2.05) is 30.5 Å². The van der Waals surface area contributed by atoms with Gasteiger partial charge in [-0.3, -0.25) is 4.79 Å². The molecule has 7 heteroatoms. The highest BCUT2D eigenvalue weighted by Gasteiger charge is 2.05. The summed E-state index contributed by atoms with van der Waals surface area (Å²) < 4.78 is 10.7. The fourth-order valence-electron chi connectivity index (χ4n) is 1.88. The van der Waals surface area contributed by atoms with Crippen LogP contribution in [-0.4, -0.2) is 32.4 Å². The van der Waals surface area contributed by atoms with Gasteiger partial charge in [-0.15, -0.1) is 11.3 Å². The number of nitrogens with one attached hydrogen (secondary N) is 1. The van der Waals surface area contributed by atoms with Crippen molar-refractivity contribution in [2.24, 2.45) is 5.16 Å². The van der Waals surface area contributed by atoms with Crippen molar-refractivity contribution in [3.05, 3.63) is 46.2 Å². The highest BCUT2D eigenvalue weighted by atomic mass is 32.1. The van der Waals surface area contributed by atoms with Crippen LogP contribution in [0.2, 0.25) is 0 Å². The standard InChI is InChI=1S/C17H20N2O4S/c1-3-22-15-7-6-13(9-16(15)21-2)10-19-23-12-17(20)18-11-14-5-4-8-24-14/h4-10H,3,11-12H2,1-2H3,(H,18,20)/b19-10-. The molecule has 24 heavy (non-hydrogen) atoms. The molecule has 6 nitrogen and oxygen atoms in total. The van der Waals surface area contributed by atoms with Gasteiger partial charge in [0.25, 0.3) is 5.91 Å². The second kappa shape index (κ2) is 9.57. The van der Waals surface area contributed by atoms with Gasteiger partial charge in [-0.1, -0.05) is 11.2 Å². The van der Waals surface area contributed by atoms with E-state index in [0.29, 0.717) is 24.7 Å². The Balaban J connectivity index is 1.77. The lowest BCUT2D eigenvalue weighted by Gasteiger charge is -2.09. The van der Waals surface area contributed by atoms with Crippen LogP contribution < -0.4 is 14.8 Å². The second-order valence-corrected chi connectivity index (χ2v) is 5.74. The molecule has 0 spiro atoms. The van der Waals surface area contributed by atoms with Crippen LogP contribution >= 0.6 is 11.3 Å². The molecule has 0 atom stereocenters. The Hall–Kier alpha value is -2.54. The molecule has 1 amide bonds. The average molecular weight is 348 g/mol. The molecule has 1 aromatic heterocycles. The number of thiophene rings is 1. The van der Waals surface area contributed by atoms with E-state index in [-0.39, 0.29) is 12.5 Å². The Bertz CT molecular complexity index is 671. The lowest BCUT2D eigenvalue weighted by atomic mass is 10.2. The average Bonchev–Trinajstić information content (AvgIpc) is 3.11. The summed E-state index contributed by atoms with van der Waals surface area (Å²) in [6.45, 7) is 2.84. The van der Waals surface area contributed by atoms with Crippen LogP contribution in [-0.2, 0) is 16.2 Å². The molecule has 0 fully saturated rings. The topological polar surface area (TPSA) is 69.2 Å². The fraction of sp³-hybridized carbons (Fsp3) is 0.294. The maximum Gasteiger partial charge on any atom is 0.261 e. The molecule has 2 aromatic rings. The maximum atomic E-state index is 11.6. The predicted octanol–water partition coefficient (Wildman–Crippen LogP) is 2.82. The summed E-state index contributed by atoms with van der Waals surface area (Å²) in [7, 11) is 1.58. The first-order valence-corrected chi connectivity index (χ1v) is 8.36. The van der Waals surface area contributed by atoms with Crippen LogP contribution in [0.25, 0.3) is 0 Å². The molecular weight excluding hydrogens is 328 g/mol. The summed E-state index contributed by atoms with van der Waals surface area (Å²) in [6.07, 6.45) is 1.52. The number of rotatable bonds is 9. The van der Waals surface area contributed by atoms with Crippen molar-refractivity contribution in [1.29, 1.82) is 0 Å². The number of nitrogens with zero attached hydrogens (tertiary/aromatic N) is 1. The number of hydrogen-bond donors (Lipinski definition) is 1. The molecule has 0 bridgehead atoms. The lowest BCUT2D eigenvalue weighted by Crippen LogP contribution is -2.26. The summed E-state index contributed by atoms with van der Waals surface area (Å²) in [6, 6.07) is 9.32. The van der Waals surface area contributed by atoms with E-state index in [1.165, 1.54) is 6.21 Å². The van der Waals surface area contributed by atoms with Gasteiger partial charge in [-0.2, -0.15) is 0 Å². The van der Waals surface area contributed by atoms with Gasteiger partial charge >= 0.3 is 0 Å². The lowest BCUT2D eigenvalue weighted by molar-refractivity contribution is -0.125. The third-order valence-corrected chi connectivity index (χ3v) is 3.88. The van der Waals surface area contributed by atoms with Gasteiger partial charge in [0.05, 0.1) is 26.5 Å². The first-order chi connectivity index (χ1) is 11.7. The summed E-state index contributed by atoms with van der Waals surface area (Å²) in [5, 5.41) is 8.52. The molecule has 1 heterocycles. The van der Waals surface area contributed by atoms with Crippen molar-refractivity contribution in [1.82, 2.24) is 5.32 Å². The SMILES string of the molecule is CCOc1ccc(/C=N\OCC(=O)NCc2cccs2)cc1OC. The van der Waals surface area contributed by atoms with E-state index < -0.39 is 0 Å². The zero-order valence-electron chi connectivity index (χ0n) is 13.7. The van der Waals surface area contributed by atoms with Gasteiger partial charge < -0.3 is 19.6 Å². The fourth-order valence-corrected chi connectivity index (χ4v) is 2.53. The zero-order valence-corrected chi connectivity index (χ0v) is 14.5. The molecule has 1 N–H and O–H groups in total. The highest BCUT2D eigenvalue weighted by Crippen LogP contribution is 2.27. The molecule has 128 valence electrons. The number of carbonyl (C=O) groups excluding carboxylic acids is 1. The maximum absolute atomic E-state index is 11.6. The quantitative estimate of drug-likeness (QED) is 0.559. The van der Waals surface area contributed by atoms with Gasteiger partial charge in [0.1, 0.15) is 0 Å². The third-order valence-electron chi connectivity index (χ3n) is 3.00. The third kappa shape index (κ3) is 5.58. The minimum Gasteiger partial charge on any atom is -0.493 e. The number of hydrogen-bond acceptors (Lipinski definition) is 6. The number of amides is 1. The Kier molecular flexibility index (Phi) is 7.10. The van der Waals surface area contributed by atoms with Gasteiger partial charge in [0, 0.05) is 10.4 Å². The molecule has 0 saturated carbocycles. The van der Waals surface area contributed by atoms with E-state index in [9.17, 15) is 4.79 Å². The molecule has 0 aliphatic rings. The van der Waals surface area contributed by atoms with Crippen molar-refractivity contribution >= 4 is 23.5 Å². The Morgan fingerprint density at radius 2 is 2.21 bits per heavy atom. The number of carbonyl (C=O) groups is 1. The Morgan fingerprint density at radius 1 is 1.33 bits per heavy atom. The summed E-state index contributed by atoms with van der Waals surface area (Å²) in [5.74, 6) is 1.07. The summed E-state index contributed by atoms with van der Waals surface area (Å²) in [4.78, 5) is 17.7. The number of benzene rings is 1. The van der Waals surface area contributed by atoms with Crippen molar-refractivity contribution in [3.63, 3.8) is 0 Å². The van der Waals surface area contributed by atoms with Crippen LogP contribution in [0, 0.1) is 0 Å². The normalized spacial score (nSPS) is 10.6. The monoisotopic (exact) mass is 348 g/mol. The van der Waals surface area contributed by atoms with Gasteiger partial charge in [0.2, 0.25) is 0 Å². The van der Waals surface area contributed by atoms with Crippen molar-refractivity contribution in [2.75, 3.05) is 20.3 Å². The van der Waals surface area contributed by atoms with Crippen LogP contribution in [0.15, 0.2) is 40.9 Å². The molecule has 2 rings (SSSR count). The number of oxime groups is 1.